The van der Waals surface area contributed by atoms with E-state index in [1.54, 1.807) is 0 Å². The molecule has 0 saturated heterocycles. The van der Waals surface area contributed by atoms with Crippen LogP contribution < -0.4 is 5.73 Å². The molecule has 1 fully saturated rings. The van der Waals surface area contributed by atoms with Gasteiger partial charge in [-0.2, -0.15) is 4.31 Å². The fourth-order valence-electron chi connectivity index (χ4n) is 2.79. The van der Waals surface area contributed by atoms with E-state index < -0.39 is 15.8 Å². The fourth-order valence-corrected chi connectivity index (χ4v) is 4.61. The fraction of sp³-hybridized carbons (Fsp3) is 0.538. The molecule has 1 aliphatic rings. The molecule has 1 aliphatic carbocycles. The number of halogens is 2. The summed E-state index contributed by atoms with van der Waals surface area (Å²) in [6.07, 6.45) is 2.65. The summed E-state index contributed by atoms with van der Waals surface area (Å²) in [5.41, 5.74) is 5.69. The standard InChI is InChI=1S/C13H18BrFN2O2S/c1-17(12-4-2-3-9(12)8-16)20(18,19)13-6-5-10(14)7-11(13)15/h5-7,9,12H,2-4,8,16H2,1H3. The van der Waals surface area contributed by atoms with Gasteiger partial charge < -0.3 is 5.73 Å². The maximum atomic E-state index is 13.9. The molecule has 112 valence electrons. The van der Waals surface area contributed by atoms with Gasteiger partial charge in [0.2, 0.25) is 10.0 Å². The second-order valence-corrected chi connectivity index (χ2v) is 7.97. The van der Waals surface area contributed by atoms with E-state index in [1.165, 1.54) is 23.5 Å². The van der Waals surface area contributed by atoms with E-state index in [0.29, 0.717) is 11.0 Å². The average molecular weight is 365 g/mol. The van der Waals surface area contributed by atoms with E-state index in [2.05, 4.69) is 15.9 Å². The van der Waals surface area contributed by atoms with Crippen LogP contribution in [0.3, 0.4) is 0 Å². The number of sulfonamides is 1. The molecular weight excluding hydrogens is 347 g/mol. The van der Waals surface area contributed by atoms with Gasteiger partial charge in [-0.1, -0.05) is 22.4 Å². The number of rotatable bonds is 4. The summed E-state index contributed by atoms with van der Waals surface area (Å²) in [6.45, 7) is 0.452. The largest absolute Gasteiger partial charge is 0.330 e. The lowest BCUT2D eigenvalue weighted by Crippen LogP contribution is -2.41. The van der Waals surface area contributed by atoms with Crippen molar-refractivity contribution in [3.8, 4) is 0 Å². The Bertz CT molecular complexity index is 594. The summed E-state index contributed by atoms with van der Waals surface area (Å²) in [5, 5.41) is 0. The summed E-state index contributed by atoms with van der Waals surface area (Å²) in [4.78, 5) is -0.286. The molecule has 0 radical (unpaired) electrons. The highest BCUT2D eigenvalue weighted by molar-refractivity contribution is 9.10. The Morgan fingerprint density at radius 2 is 2.15 bits per heavy atom. The molecule has 0 spiro atoms. The van der Waals surface area contributed by atoms with Crippen LogP contribution in [0.1, 0.15) is 19.3 Å². The number of hydrogen-bond acceptors (Lipinski definition) is 3. The summed E-state index contributed by atoms with van der Waals surface area (Å²) in [6, 6.07) is 3.83. The van der Waals surface area contributed by atoms with Crippen molar-refractivity contribution in [1.29, 1.82) is 0 Å². The lowest BCUT2D eigenvalue weighted by molar-refractivity contribution is 0.303. The molecule has 0 aromatic heterocycles. The van der Waals surface area contributed by atoms with Crippen LogP contribution in [0.4, 0.5) is 4.39 Å². The van der Waals surface area contributed by atoms with Gasteiger partial charge in [-0.3, -0.25) is 0 Å². The van der Waals surface area contributed by atoms with E-state index >= 15 is 0 Å². The molecule has 0 amide bonds. The van der Waals surface area contributed by atoms with Crippen LogP contribution in [-0.2, 0) is 10.0 Å². The van der Waals surface area contributed by atoms with E-state index in [0.717, 1.165) is 25.3 Å². The number of nitrogens with two attached hydrogens (primary N) is 1. The van der Waals surface area contributed by atoms with Crippen molar-refractivity contribution in [2.24, 2.45) is 11.7 Å². The molecule has 0 heterocycles. The Kier molecular flexibility index (Phi) is 4.84. The number of hydrogen-bond donors (Lipinski definition) is 1. The van der Waals surface area contributed by atoms with E-state index in [9.17, 15) is 12.8 Å². The van der Waals surface area contributed by atoms with Crippen molar-refractivity contribution in [2.45, 2.75) is 30.2 Å². The summed E-state index contributed by atoms with van der Waals surface area (Å²) in [5.74, 6) is -0.596. The Balaban J connectivity index is 2.34. The van der Waals surface area contributed by atoms with Crippen molar-refractivity contribution >= 4 is 26.0 Å². The van der Waals surface area contributed by atoms with Gasteiger partial charge in [0.25, 0.3) is 0 Å². The predicted octanol–water partition coefficient (Wildman–Crippen LogP) is 2.34. The minimum absolute atomic E-state index is 0.145. The topological polar surface area (TPSA) is 63.4 Å². The number of nitrogens with zero attached hydrogens (tertiary/aromatic N) is 1. The zero-order valence-electron chi connectivity index (χ0n) is 11.2. The monoisotopic (exact) mass is 364 g/mol. The third-order valence-electron chi connectivity index (χ3n) is 3.94. The van der Waals surface area contributed by atoms with Crippen LogP contribution in [0.2, 0.25) is 0 Å². The Labute approximate surface area is 127 Å². The quantitative estimate of drug-likeness (QED) is 0.891. The zero-order chi connectivity index (χ0) is 14.9. The molecule has 2 N–H and O–H groups in total. The van der Waals surface area contributed by atoms with Crippen LogP contribution in [0, 0.1) is 11.7 Å². The molecule has 1 aromatic rings. The first-order valence-corrected chi connectivity index (χ1v) is 8.74. The second kappa shape index (κ2) is 6.09. The van der Waals surface area contributed by atoms with Crippen molar-refractivity contribution in [2.75, 3.05) is 13.6 Å². The van der Waals surface area contributed by atoms with Crippen LogP contribution >= 0.6 is 15.9 Å². The van der Waals surface area contributed by atoms with Gasteiger partial charge in [-0.05, 0) is 43.5 Å². The Hall–Kier alpha value is -0.500. The van der Waals surface area contributed by atoms with Gasteiger partial charge >= 0.3 is 0 Å². The van der Waals surface area contributed by atoms with E-state index in [1.807, 2.05) is 0 Å². The van der Waals surface area contributed by atoms with Crippen molar-refractivity contribution in [1.82, 2.24) is 4.31 Å². The summed E-state index contributed by atoms with van der Waals surface area (Å²) >= 11 is 3.12. The van der Waals surface area contributed by atoms with Crippen molar-refractivity contribution in [3.05, 3.63) is 28.5 Å². The molecule has 0 aliphatic heterocycles. The lowest BCUT2D eigenvalue weighted by atomic mass is 10.0. The summed E-state index contributed by atoms with van der Waals surface area (Å²) in [7, 11) is -2.32. The first-order chi connectivity index (χ1) is 9.37. The van der Waals surface area contributed by atoms with Gasteiger partial charge in [-0.15, -0.1) is 0 Å². The first kappa shape index (κ1) is 15.9. The van der Waals surface area contributed by atoms with Gasteiger partial charge in [0, 0.05) is 17.6 Å². The number of benzene rings is 1. The lowest BCUT2D eigenvalue weighted by Gasteiger charge is -2.28. The molecule has 20 heavy (non-hydrogen) atoms. The predicted molar refractivity (Wildman–Crippen MR) is 79.2 cm³/mol. The average Bonchev–Trinajstić information content (AvgIpc) is 2.85. The molecule has 2 rings (SSSR count). The smallest absolute Gasteiger partial charge is 0.245 e. The van der Waals surface area contributed by atoms with Gasteiger partial charge in [0.15, 0.2) is 0 Å². The molecule has 1 saturated carbocycles. The molecule has 4 nitrogen and oxygen atoms in total. The van der Waals surface area contributed by atoms with E-state index in [4.69, 9.17) is 5.73 Å². The van der Waals surface area contributed by atoms with Crippen molar-refractivity contribution < 1.29 is 12.8 Å². The Morgan fingerprint density at radius 1 is 1.45 bits per heavy atom. The third kappa shape index (κ3) is 2.90. The minimum atomic E-state index is -3.83. The molecule has 1 aromatic carbocycles. The van der Waals surface area contributed by atoms with Crippen LogP contribution in [0.25, 0.3) is 0 Å². The van der Waals surface area contributed by atoms with Gasteiger partial charge in [0.1, 0.15) is 10.7 Å². The maximum Gasteiger partial charge on any atom is 0.245 e. The van der Waals surface area contributed by atoms with Gasteiger partial charge in [-0.25, -0.2) is 12.8 Å². The summed E-state index contributed by atoms with van der Waals surface area (Å²) < 4.78 is 40.8. The van der Waals surface area contributed by atoms with E-state index in [-0.39, 0.29) is 16.9 Å². The third-order valence-corrected chi connectivity index (χ3v) is 6.35. The highest BCUT2D eigenvalue weighted by Crippen LogP contribution is 2.32. The second-order valence-electron chi connectivity index (χ2n) is 5.09. The normalized spacial score (nSPS) is 23.4. The van der Waals surface area contributed by atoms with Crippen LogP contribution in [0.15, 0.2) is 27.6 Å². The molecular formula is C13H18BrFN2O2S. The molecule has 2 atom stereocenters. The minimum Gasteiger partial charge on any atom is -0.330 e. The van der Waals surface area contributed by atoms with Crippen LogP contribution in [-0.4, -0.2) is 32.4 Å². The molecule has 2 unspecified atom stereocenters. The molecule has 0 bridgehead atoms. The highest BCUT2D eigenvalue weighted by atomic mass is 79.9. The SMILES string of the molecule is CN(C1CCCC1CN)S(=O)(=O)c1ccc(Br)cc1F. The van der Waals surface area contributed by atoms with Crippen molar-refractivity contribution in [3.63, 3.8) is 0 Å². The van der Waals surface area contributed by atoms with Gasteiger partial charge in [0.05, 0.1) is 0 Å². The zero-order valence-corrected chi connectivity index (χ0v) is 13.6. The highest BCUT2D eigenvalue weighted by Gasteiger charge is 2.36. The molecule has 7 heteroatoms. The van der Waals surface area contributed by atoms with Crippen LogP contribution in [0.5, 0.6) is 0 Å². The maximum absolute atomic E-state index is 13.9. The first-order valence-electron chi connectivity index (χ1n) is 6.51. The Morgan fingerprint density at radius 3 is 2.75 bits per heavy atom.